The molecule has 0 radical (unpaired) electrons. The lowest BCUT2D eigenvalue weighted by Crippen LogP contribution is -2.38. The van der Waals surface area contributed by atoms with Crippen molar-refractivity contribution in [2.75, 3.05) is 43.1 Å². The Morgan fingerprint density at radius 3 is 2.71 bits per heavy atom. The van der Waals surface area contributed by atoms with E-state index in [1.807, 2.05) is 23.1 Å². The van der Waals surface area contributed by atoms with Gasteiger partial charge in [0.2, 0.25) is 11.9 Å². The number of ether oxygens (including phenoxy) is 1. The number of hydrogen-bond donors (Lipinski definition) is 2. The van der Waals surface area contributed by atoms with Gasteiger partial charge < -0.3 is 20.3 Å². The van der Waals surface area contributed by atoms with Crippen LogP contribution in [0.15, 0.2) is 30.6 Å². The molecule has 0 bridgehead atoms. The number of pyridine rings is 1. The van der Waals surface area contributed by atoms with Crippen LogP contribution >= 0.6 is 0 Å². The summed E-state index contributed by atoms with van der Waals surface area (Å²) in [5.74, 6) is 0.480. The molecule has 2 aliphatic rings. The van der Waals surface area contributed by atoms with E-state index in [4.69, 9.17) is 4.74 Å². The molecule has 1 aliphatic carbocycles. The van der Waals surface area contributed by atoms with Crippen molar-refractivity contribution in [1.82, 2.24) is 20.3 Å². The Morgan fingerprint density at radius 2 is 1.97 bits per heavy atom. The van der Waals surface area contributed by atoms with Gasteiger partial charge in [-0.15, -0.1) is 0 Å². The third-order valence-electron chi connectivity index (χ3n) is 5.87. The van der Waals surface area contributed by atoms with Crippen molar-refractivity contribution < 1.29 is 13.9 Å². The molecule has 9 heteroatoms. The summed E-state index contributed by atoms with van der Waals surface area (Å²) in [5.41, 5.74) is 0.978. The maximum absolute atomic E-state index is 14.2. The number of carbonyl (C=O) groups is 1. The van der Waals surface area contributed by atoms with Crippen molar-refractivity contribution in [3.63, 3.8) is 0 Å². The van der Waals surface area contributed by atoms with Gasteiger partial charge in [0.1, 0.15) is 0 Å². The second-order valence-corrected chi connectivity index (χ2v) is 8.02. The molecule has 0 unspecified atom stereocenters. The predicted octanol–water partition coefficient (Wildman–Crippen LogP) is 2.18. The fourth-order valence-corrected chi connectivity index (χ4v) is 4.11. The fourth-order valence-electron chi connectivity index (χ4n) is 4.11. The number of carbonyl (C=O) groups excluding carboxylic acids is 1. The lowest BCUT2D eigenvalue weighted by Gasteiger charge is -2.30. The normalized spacial score (nSPS) is 21.5. The molecule has 1 saturated carbocycles. The average molecular weight is 429 g/mol. The smallest absolute Gasteiger partial charge is 0.225 e. The number of nitrogens with one attached hydrogen (secondary N) is 2. The summed E-state index contributed by atoms with van der Waals surface area (Å²) in [6.45, 7) is 2.98. The second kappa shape index (κ2) is 10.5. The summed E-state index contributed by atoms with van der Waals surface area (Å²) < 4.78 is 19.5. The lowest BCUT2D eigenvalue weighted by atomic mass is 9.85. The van der Waals surface area contributed by atoms with Gasteiger partial charge in [0.15, 0.2) is 11.6 Å². The summed E-state index contributed by atoms with van der Waals surface area (Å²) in [5, 5.41) is 6.36. The summed E-state index contributed by atoms with van der Waals surface area (Å²) in [7, 11) is 0. The molecule has 8 nitrogen and oxygen atoms in total. The molecule has 2 fully saturated rings. The third kappa shape index (κ3) is 5.88. The Balaban J connectivity index is 1.23. The van der Waals surface area contributed by atoms with Crippen LogP contribution < -0.4 is 15.5 Å². The van der Waals surface area contributed by atoms with Gasteiger partial charge in [-0.25, -0.2) is 9.37 Å². The highest BCUT2D eigenvalue weighted by Gasteiger charge is 2.27. The minimum absolute atomic E-state index is 0.0276. The van der Waals surface area contributed by atoms with E-state index < -0.39 is 5.82 Å². The minimum atomic E-state index is -0.418. The molecule has 3 heterocycles. The van der Waals surface area contributed by atoms with Gasteiger partial charge in [-0.1, -0.05) is 6.07 Å². The monoisotopic (exact) mass is 428 g/mol. The number of halogens is 1. The number of morpholine rings is 1. The van der Waals surface area contributed by atoms with Gasteiger partial charge in [-0.2, -0.15) is 4.98 Å². The maximum Gasteiger partial charge on any atom is 0.225 e. The zero-order valence-corrected chi connectivity index (χ0v) is 17.6. The molecule has 166 valence electrons. The first-order chi connectivity index (χ1) is 15.2. The Kier molecular flexibility index (Phi) is 7.24. The Labute approximate surface area is 181 Å². The van der Waals surface area contributed by atoms with E-state index in [2.05, 4.69) is 25.6 Å². The molecule has 0 aromatic carbocycles. The number of amides is 1. The van der Waals surface area contributed by atoms with Gasteiger partial charge in [0, 0.05) is 49.9 Å². The van der Waals surface area contributed by atoms with Crippen LogP contribution in [0.25, 0.3) is 0 Å². The topological polar surface area (TPSA) is 92.3 Å². The molecule has 1 aliphatic heterocycles. The molecule has 2 aromatic heterocycles. The van der Waals surface area contributed by atoms with E-state index >= 15 is 0 Å². The summed E-state index contributed by atoms with van der Waals surface area (Å²) >= 11 is 0. The average Bonchev–Trinajstić information content (AvgIpc) is 2.82. The molecule has 1 amide bonds. The molecular formula is C22H29FN6O2. The van der Waals surface area contributed by atoms with Crippen LogP contribution in [0, 0.1) is 11.7 Å². The first kappa shape index (κ1) is 21.4. The van der Waals surface area contributed by atoms with Crippen molar-refractivity contribution in [2.24, 2.45) is 5.92 Å². The Bertz CT molecular complexity index is 854. The van der Waals surface area contributed by atoms with Crippen LogP contribution in [-0.2, 0) is 16.0 Å². The largest absolute Gasteiger partial charge is 0.378 e. The van der Waals surface area contributed by atoms with Crippen LogP contribution in [0.5, 0.6) is 0 Å². The van der Waals surface area contributed by atoms with Gasteiger partial charge in [-0.3, -0.25) is 9.78 Å². The molecule has 4 rings (SSSR count). The molecular weight excluding hydrogens is 399 g/mol. The van der Waals surface area contributed by atoms with E-state index in [0.29, 0.717) is 44.6 Å². The number of rotatable bonds is 7. The van der Waals surface area contributed by atoms with Crippen molar-refractivity contribution >= 4 is 17.7 Å². The summed E-state index contributed by atoms with van der Waals surface area (Å²) in [6.07, 6.45) is 7.05. The van der Waals surface area contributed by atoms with Crippen molar-refractivity contribution in [1.29, 1.82) is 0 Å². The molecule has 1 saturated heterocycles. The van der Waals surface area contributed by atoms with E-state index in [0.717, 1.165) is 37.8 Å². The molecule has 2 aromatic rings. The summed E-state index contributed by atoms with van der Waals surface area (Å²) in [6, 6.07) is 5.98. The van der Waals surface area contributed by atoms with E-state index in [1.54, 1.807) is 6.20 Å². The summed E-state index contributed by atoms with van der Waals surface area (Å²) in [4.78, 5) is 27.2. The highest BCUT2D eigenvalue weighted by molar-refractivity contribution is 5.78. The molecule has 0 spiro atoms. The van der Waals surface area contributed by atoms with Gasteiger partial charge in [0.25, 0.3) is 0 Å². The number of aromatic nitrogens is 3. The highest BCUT2D eigenvalue weighted by atomic mass is 19.1. The van der Waals surface area contributed by atoms with E-state index in [-0.39, 0.29) is 17.9 Å². The van der Waals surface area contributed by atoms with Crippen molar-refractivity contribution in [2.45, 2.75) is 38.1 Å². The maximum atomic E-state index is 14.2. The lowest BCUT2D eigenvalue weighted by molar-refractivity contribution is -0.125. The van der Waals surface area contributed by atoms with Crippen LogP contribution in [0.1, 0.15) is 31.4 Å². The SMILES string of the molecule is O=C(NCCc1ccccn1)C1CCC(Nc2ncc(F)c(N3CCOCC3)n2)CC1. The number of hydrogen-bond acceptors (Lipinski definition) is 7. The van der Waals surface area contributed by atoms with E-state index in [9.17, 15) is 9.18 Å². The van der Waals surface area contributed by atoms with Crippen LogP contribution in [0.3, 0.4) is 0 Å². The first-order valence-corrected chi connectivity index (χ1v) is 11.0. The minimum Gasteiger partial charge on any atom is -0.378 e. The molecule has 2 N–H and O–H groups in total. The second-order valence-electron chi connectivity index (χ2n) is 8.02. The molecule has 0 atom stereocenters. The van der Waals surface area contributed by atoms with Gasteiger partial charge >= 0.3 is 0 Å². The van der Waals surface area contributed by atoms with E-state index in [1.165, 1.54) is 6.20 Å². The first-order valence-electron chi connectivity index (χ1n) is 11.0. The van der Waals surface area contributed by atoms with Crippen LogP contribution in [0.4, 0.5) is 16.2 Å². The standard InChI is InChI=1S/C22H29FN6O2/c23-19-15-26-22(28-20(19)29-11-13-31-14-12-29)27-18-6-4-16(5-7-18)21(30)25-10-8-17-3-1-2-9-24-17/h1-3,9,15-16,18H,4-8,10-14H2,(H,25,30)(H,26,27,28). The predicted molar refractivity (Wildman–Crippen MR) is 115 cm³/mol. The van der Waals surface area contributed by atoms with Crippen LogP contribution in [-0.4, -0.2) is 59.7 Å². The zero-order chi connectivity index (χ0) is 21.5. The van der Waals surface area contributed by atoms with Crippen LogP contribution in [0.2, 0.25) is 0 Å². The van der Waals surface area contributed by atoms with Gasteiger partial charge in [0.05, 0.1) is 19.4 Å². The zero-order valence-electron chi connectivity index (χ0n) is 17.6. The number of nitrogens with zero attached hydrogens (tertiary/aromatic N) is 4. The van der Waals surface area contributed by atoms with Crippen molar-refractivity contribution in [3.05, 3.63) is 42.1 Å². The Morgan fingerprint density at radius 1 is 1.16 bits per heavy atom. The van der Waals surface area contributed by atoms with Crippen molar-refractivity contribution in [3.8, 4) is 0 Å². The highest BCUT2D eigenvalue weighted by Crippen LogP contribution is 2.27. The third-order valence-corrected chi connectivity index (χ3v) is 5.87. The fraction of sp³-hybridized carbons (Fsp3) is 0.545. The number of anilines is 2. The quantitative estimate of drug-likeness (QED) is 0.698. The Hall–Kier alpha value is -2.81. The molecule has 31 heavy (non-hydrogen) atoms. The van der Waals surface area contributed by atoms with Gasteiger partial charge in [-0.05, 0) is 37.8 Å².